The standard InChI is InChI=1S/C58H47NO2/c1-56(2,3)35-21-30-52-47(31-35)45-28-27-43-46-32-37(25-29-49(46)58(6,7)53(43)55(45)61-52)59(38-24-26-41-40-13-8-10-17-48(40)57(4,5)50(41)33-38)36-22-19-34(20-23-36)39-15-12-16-44-42-14-9-11-18-51(42)60-54(39)44/h8-33H,1-7H3. The average molecular weight is 790 g/mol. The van der Waals surface area contributed by atoms with E-state index >= 15 is 0 Å². The lowest BCUT2D eigenvalue weighted by Crippen LogP contribution is -2.17. The molecule has 0 spiro atoms. The number of nitrogens with zero attached hydrogens (tertiary/aromatic N) is 1. The van der Waals surface area contributed by atoms with Gasteiger partial charge in [0.05, 0.1) is 0 Å². The van der Waals surface area contributed by atoms with Crippen molar-refractivity contribution in [2.24, 2.45) is 0 Å². The van der Waals surface area contributed by atoms with Gasteiger partial charge < -0.3 is 13.7 Å². The molecule has 296 valence electrons. The van der Waals surface area contributed by atoms with E-state index in [4.69, 9.17) is 8.83 Å². The summed E-state index contributed by atoms with van der Waals surface area (Å²) in [5.74, 6) is 0. The lowest BCUT2D eigenvalue weighted by atomic mass is 9.81. The van der Waals surface area contributed by atoms with E-state index in [-0.39, 0.29) is 16.2 Å². The summed E-state index contributed by atoms with van der Waals surface area (Å²) in [5, 5.41) is 4.64. The highest BCUT2D eigenvalue weighted by Gasteiger charge is 2.40. The predicted octanol–water partition coefficient (Wildman–Crippen LogP) is 16.5. The van der Waals surface area contributed by atoms with Gasteiger partial charge in [0.15, 0.2) is 0 Å². The summed E-state index contributed by atoms with van der Waals surface area (Å²) in [4.78, 5) is 2.43. The van der Waals surface area contributed by atoms with E-state index in [0.717, 1.165) is 61.3 Å². The molecule has 3 nitrogen and oxygen atoms in total. The SMILES string of the molecule is CC(C)(C)c1ccc2oc3c4c(ccc3c2c1)-c1cc(N(c2ccc(-c3cccc5c3oc3ccccc35)cc2)c2ccc3c(c2)C(C)(C)c2ccccc2-3)ccc1C4(C)C. The third-order valence-electron chi connectivity index (χ3n) is 14.0. The van der Waals surface area contributed by atoms with E-state index in [1.807, 2.05) is 6.07 Å². The highest BCUT2D eigenvalue weighted by molar-refractivity contribution is 6.11. The Morgan fingerprint density at radius 1 is 0.410 bits per heavy atom. The van der Waals surface area contributed by atoms with E-state index in [1.54, 1.807) is 0 Å². The summed E-state index contributed by atoms with van der Waals surface area (Å²) in [6, 6.07) is 58.1. The molecule has 0 aliphatic heterocycles. The normalized spacial score (nSPS) is 14.7. The number of benzene rings is 8. The molecule has 61 heavy (non-hydrogen) atoms. The zero-order chi connectivity index (χ0) is 41.6. The first-order valence-electron chi connectivity index (χ1n) is 21.6. The molecule has 12 rings (SSSR count). The van der Waals surface area contributed by atoms with E-state index in [0.29, 0.717) is 0 Å². The van der Waals surface area contributed by atoms with Crippen LogP contribution in [0.4, 0.5) is 17.1 Å². The second-order valence-corrected chi connectivity index (χ2v) is 19.3. The Morgan fingerprint density at radius 3 is 1.87 bits per heavy atom. The first-order valence-corrected chi connectivity index (χ1v) is 21.6. The number of fused-ring (bicyclic) bond motifs is 13. The molecule has 8 aromatic carbocycles. The van der Waals surface area contributed by atoms with Gasteiger partial charge in [-0.05, 0) is 116 Å². The molecule has 0 unspecified atom stereocenters. The van der Waals surface area contributed by atoms with E-state index in [9.17, 15) is 0 Å². The van der Waals surface area contributed by atoms with Gasteiger partial charge in [-0.2, -0.15) is 0 Å². The van der Waals surface area contributed by atoms with Gasteiger partial charge in [-0.3, -0.25) is 0 Å². The van der Waals surface area contributed by atoms with Crippen molar-refractivity contribution in [3.05, 3.63) is 186 Å². The van der Waals surface area contributed by atoms with Crippen LogP contribution in [0.2, 0.25) is 0 Å². The summed E-state index contributed by atoms with van der Waals surface area (Å²) in [7, 11) is 0. The van der Waals surface area contributed by atoms with E-state index in [1.165, 1.54) is 60.8 Å². The fourth-order valence-electron chi connectivity index (χ4n) is 10.8. The molecule has 3 heteroatoms. The number of rotatable bonds is 4. The molecule has 0 bridgehead atoms. The molecule has 2 aromatic heterocycles. The predicted molar refractivity (Wildman–Crippen MR) is 255 cm³/mol. The van der Waals surface area contributed by atoms with Crippen LogP contribution in [0.15, 0.2) is 167 Å². The Balaban J connectivity index is 1.02. The molecular weight excluding hydrogens is 743 g/mol. The maximum absolute atomic E-state index is 6.81. The molecule has 10 aromatic rings. The fraction of sp³-hybridized carbons (Fsp3) is 0.172. The van der Waals surface area contributed by atoms with Crippen molar-refractivity contribution in [3.63, 3.8) is 0 Å². The highest BCUT2D eigenvalue weighted by Crippen LogP contribution is 2.55. The Kier molecular flexibility index (Phi) is 7.31. The van der Waals surface area contributed by atoms with Gasteiger partial charge in [-0.15, -0.1) is 0 Å². The van der Waals surface area contributed by atoms with E-state index < -0.39 is 0 Å². The summed E-state index contributed by atoms with van der Waals surface area (Å²) in [5.41, 5.74) is 20.7. The number of hydrogen-bond donors (Lipinski definition) is 0. The van der Waals surface area contributed by atoms with E-state index in [2.05, 4.69) is 205 Å². The molecular formula is C58H47NO2. The van der Waals surface area contributed by atoms with Crippen LogP contribution in [-0.4, -0.2) is 0 Å². The monoisotopic (exact) mass is 789 g/mol. The van der Waals surface area contributed by atoms with Crippen molar-refractivity contribution in [1.29, 1.82) is 0 Å². The van der Waals surface area contributed by atoms with Crippen molar-refractivity contribution >= 4 is 60.9 Å². The summed E-state index contributed by atoms with van der Waals surface area (Å²) < 4.78 is 13.3. The molecule has 0 radical (unpaired) electrons. The topological polar surface area (TPSA) is 29.5 Å². The molecule has 2 heterocycles. The van der Waals surface area contributed by atoms with Crippen LogP contribution in [0.3, 0.4) is 0 Å². The molecule has 2 aliphatic carbocycles. The van der Waals surface area contributed by atoms with Crippen molar-refractivity contribution in [2.45, 2.75) is 64.7 Å². The van der Waals surface area contributed by atoms with Gasteiger partial charge >= 0.3 is 0 Å². The number of anilines is 3. The Morgan fingerprint density at radius 2 is 1.03 bits per heavy atom. The van der Waals surface area contributed by atoms with Crippen molar-refractivity contribution in [1.82, 2.24) is 0 Å². The second kappa shape index (κ2) is 12.4. The van der Waals surface area contributed by atoms with Gasteiger partial charge in [0.2, 0.25) is 0 Å². The molecule has 0 saturated heterocycles. The molecule has 0 amide bonds. The Bertz CT molecular complexity index is 3460. The average Bonchev–Trinajstić information content (AvgIpc) is 3.96. The minimum atomic E-state index is -0.253. The molecule has 0 fully saturated rings. The molecule has 0 atom stereocenters. The van der Waals surface area contributed by atoms with Crippen LogP contribution >= 0.6 is 0 Å². The zero-order valence-electron chi connectivity index (χ0n) is 35.8. The molecule has 2 aliphatic rings. The molecule has 0 saturated carbocycles. The number of hydrogen-bond acceptors (Lipinski definition) is 3. The van der Waals surface area contributed by atoms with Crippen LogP contribution in [0.1, 0.15) is 76.3 Å². The number of furan rings is 2. The summed E-state index contributed by atoms with van der Waals surface area (Å²) in [6.45, 7) is 16.2. The van der Waals surface area contributed by atoms with Crippen LogP contribution in [0, 0.1) is 0 Å². The molecule has 0 N–H and O–H groups in total. The lowest BCUT2D eigenvalue weighted by molar-refractivity contribution is 0.590. The third kappa shape index (κ3) is 5.10. The number of para-hydroxylation sites is 2. The van der Waals surface area contributed by atoms with Gasteiger partial charge in [0.1, 0.15) is 22.3 Å². The van der Waals surface area contributed by atoms with Crippen molar-refractivity contribution < 1.29 is 8.83 Å². The first-order chi connectivity index (χ1) is 29.4. The van der Waals surface area contributed by atoms with Gasteiger partial charge in [0.25, 0.3) is 0 Å². The minimum Gasteiger partial charge on any atom is -0.456 e. The fourth-order valence-corrected chi connectivity index (χ4v) is 10.8. The summed E-state index contributed by atoms with van der Waals surface area (Å²) in [6.07, 6.45) is 0. The lowest BCUT2D eigenvalue weighted by Gasteiger charge is -2.29. The zero-order valence-corrected chi connectivity index (χ0v) is 35.8. The van der Waals surface area contributed by atoms with Crippen LogP contribution < -0.4 is 4.90 Å². The van der Waals surface area contributed by atoms with Gasteiger partial charge in [-0.25, -0.2) is 0 Å². The van der Waals surface area contributed by atoms with Gasteiger partial charge in [0, 0.05) is 60.6 Å². The Labute approximate surface area is 356 Å². The first kappa shape index (κ1) is 36.0. The van der Waals surface area contributed by atoms with Crippen molar-refractivity contribution in [2.75, 3.05) is 4.90 Å². The maximum Gasteiger partial charge on any atom is 0.143 e. The second-order valence-electron chi connectivity index (χ2n) is 19.3. The van der Waals surface area contributed by atoms with Crippen LogP contribution in [0.5, 0.6) is 0 Å². The van der Waals surface area contributed by atoms with Gasteiger partial charge in [-0.1, -0.05) is 146 Å². The minimum absolute atomic E-state index is 0.0494. The highest BCUT2D eigenvalue weighted by atomic mass is 16.3. The van der Waals surface area contributed by atoms with Crippen molar-refractivity contribution in [3.8, 4) is 33.4 Å². The Hall–Kier alpha value is -6.84. The van der Waals surface area contributed by atoms with Crippen LogP contribution in [-0.2, 0) is 16.2 Å². The van der Waals surface area contributed by atoms with Crippen LogP contribution in [0.25, 0.3) is 77.3 Å². The third-order valence-corrected chi connectivity index (χ3v) is 14.0. The maximum atomic E-state index is 6.81. The largest absolute Gasteiger partial charge is 0.456 e. The smallest absolute Gasteiger partial charge is 0.143 e. The summed E-state index contributed by atoms with van der Waals surface area (Å²) >= 11 is 0. The quantitative estimate of drug-likeness (QED) is 0.178.